The van der Waals surface area contributed by atoms with Gasteiger partial charge in [0.2, 0.25) is 5.72 Å². The number of rotatable bonds is 0. The fraction of sp³-hybridized carbons (Fsp3) is 0.650. The van der Waals surface area contributed by atoms with Crippen LogP contribution in [-0.4, -0.2) is 29.9 Å². The van der Waals surface area contributed by atoms with Crippen molar-refractivity contribution in [2.24, 2.45) is 22.7 Å². The zero-order chi connectivity index (χ0) is 15.8. The minimum atomic E-state index is -0.319. The minimum Gasteiger partial charge on any atom is -0.464 e. The van der Waals surface area contributed by atoms with Gasteiger partial charge in [-0.1, -0.05) is 6.07 Å². The summed E-state index contributed by atoms with van der Waals surface area (Å²) >= 11 is 0. The molecule has 0 amide bonds. The Kier molecular flexibility index (Phi) is 2.80. The number of nitrogens with zero attached hydrogens (tertiary/aromatic N) is 2. The van der Waals surface area contributed by atoms with Gasteiger partial charge >= 0.3 is 0 Å². The van der Waals surface area contributed by atoms with Gasteiger partial charge in [0, 0.05) is 12.0 Å². The molecule has 3 nitrogen and oxygen atoms in total. The third kappa shape index (κ3) is 1.83. The average Bonchev–Trinajstić information content (AvgIpc) is 2.66. The molecule has 3 atom stereocenters. The highest BCUT2D eigenvalue weighted by atomic mass is 16.5. The maximum Gasteiger partial charge on any atom is 0.202 e. The van der Waals surface area contributed by atoms with Crippen LogP contribution >= 0.6 is 0 Å². The number of aliphatic imine (C=N–C) groups is 1. The average molecular weight is 310 g/mol. The van der Waals surface area contributed by atoms with Gasteiger partial charge in [-0.15, -0.1) is 0 Å². The molecule has 4 bridgehead atoms. The van der Waals surface area contributed by atoms with Gasteiger partial charge in [0.05, 0.1) is 6.21 Å². The Balaban J connectivity index is 1.64. The number of fused-ring (bicyclic) bond motifs is 1. The van der Waals surface area contributed by atoms with E-state index < -0.39 is 0 Å². The SMILES string of the molecule is Cc1ccc2c(c1C)OC1(C=N2)C2CC3CC(CC(C3)N1C)C2. The van der Waals surface area contributed by atoms with Crippen molar-refractivity contribution in [3.63, 3.8) is 0 Å². The van der Waals surface area contributed by atoms with Crippen molar-refractivity contribution in [3.8, 4) is 5.75 Å². The van der Waals surface area contributed by atoms with E-state index >= 15 is 0 Å². The fourth-order valence-electron chi connectivity index (χ4n) is 5.75. The second-order valence-electron chi connectivity index (χ2n) is 8.34. The van der Waals surface area contributed by atoms with E-state index in [0.29, 0.717) is 12.0 Å². The lowest BCUT2D eigenvalue weighted by Crippen LogP contribution is -2.59. The summed E-state index contributed by atoms with van der Waals surface area (Å²) < 4.78 is 6.82. The Morgan fingerprint density at radius 3 is 2.57 bits per heavy atom. The van der Waals surface area contributed by atoms with E-state index in [4.69, 9.17) is 9.73 Å². The van der Waals surface area contributed by atoms with Crippen LogP contribution in [0.3, 0.4) is 0 Å². The summed E-state index contributed by atoms with van der Waals surface area (Å²) in [5.74, 6) is 3.40. The lowest BCUT2D eigenvalue weighted by atomic mass is 9.67. The highest BCUT2D eigenvalue weighted by Gasteiger charge is 2.56. The number of aryl methyl sites for hydroxylation is 1. The van der Waals surface area contributed by atoms with Gasteiger partial charge in [-0.25, -0.2) is 0 Å². The summed E-state index contributed by atoms with van der Waals surface area (Å²) in [5.41, 5.74) is 3.21. The van der Waals surface area contributed by atoms with Crippen LogP contribution in [0.25, 0.3) is 0 Å². The van der Waals surface area contributed by atoms with Crippen molar-refractivity contribution in [3.05, 3.63) is 23.3 Å². The normalized spacial score (nSPS) is 41.0. The van der Waals surface area contributed by atoms with E-state index in [-0.39, 0.29) is 5.72 Å². The van der Waals surface area contributed by atoms with Crippen molar-refractivity contribution in [2.45, 2.75) is 57.7 Å². The first kappa shape index (κ1) is 14.0. The molecular formula is C20H26N2O. The second-order valence-corrected chi connectivity index (χ2v) is 8.34. The minimum absolute atomic E-state index is 0.319. The van der Waals surface area contributed by atoms with Crippen LogP contribution in [0.4, 0.5) is 5.69 Å². The quantitative estimate of drug-likeness (QED) is 0.716. The van der Waals surface area contributed by atoms with Crippen LogP contribution in [-0.2, 0) is 0 Å². The molecule has 2 saturated heterocycles. The smallest absolute Gasteiger partial charge is 0.202 e. The molecule has 122 valence electrons. The summed E-state index contributed by atoms with van der Waals surface area (Å²) in [7, 11) is 2.27. The van der Waals surface area contributed by atoms with Crippen LogP contribution in [0.2, 0.25) is 0 Å². The second kappa shape index (κ2) is 4.60. The van der Waals surface area contributed by atoms with Crippen LogP contribution in [0.15, 0.2) is 17.1 Å². The molecule has 3 heteroatoms. The molecule has 2 aliphatic carbocycles. The van der Waals surface area contributed by atoms with Crippen LogP contribution in [0.1, 0.15) is 43.2 Å². The molecule has 3 aliphatic heterocycles. The lowest BCUT2D eigenvalue weighted by molar-refractivity contribution is -0.0628. The zero-order valence-corrected chi connectivity index (χ0v) is 14.4. The Morgan fingerprint density at radius 2 is 1.83 bits per heavy atom. The molecule has 0 radical (unpaired) electrons. The first-order chi connectivity index (χ1) is 11.1. The molecule has 5 aliphatic rings. The van der Waals surface area contributed by atoms with E-state index in [2.05, 4.69) is 44.1 Å². The van der Waals surface area contributed by atoms with Crippen molar-refractivity contribution in [1.82, 2.24) is 4.90 Å². The first-order valence-corrected chi connectivity index (χ1v) is 9.14. The molecule has 1 aromatic carbocycles. The highest BCUT2D eigenvalue weighted by molar-refractivity contribution is 5.79. The van der Waals surface area contributed by atoms with Crippen LogP contribution in [0.5, 0.6) is 5.75 Å². The maximum absolute atomic E-state index is 6.82. The predicted octanol–water partition coefficient (Wildman–Crippen LogP) is 4.23. The van der Waals surface area contributed by atoms with Crippen LogP contribution < -0.4 is 4.74 Å². The Morgan fingerprint density at radius 1 is 1.09 bits per heavy atom. The summed E-state index contributed by atoms with van der Waals surface area (Å²) in [4.78, 5) is 7.41. The van der Waals surface area contributed by atoms with Gasteiger partial charge in [-0.05, 0) is 82.0 Å². The van der Waals surface area contributed by atoms with Gasteiger partial charge in [0.15, 0.2) is 5.75 Å². The maximum atomic E-state index is 6.82. The Labute approximate surface area is 138 Å². The van der Waals surface area contributed by atoms with Crippen molar-refractivity contribution < 1.29 is 4.74 Å². The summed E-state index contributed by atoms with van der Waals surface area (Å²) in [6.45, 7) is 4.33. The van der Waals surface area contributed by atoms with E-state index in [0.717, 1.165) is 23.3 Å². The number of hydrogen-bond donors (Lipinski definition) is 0. The molecule has 23 heavy (non-hydrogen) atoms. The summed E-state index contributed by atoms with van der Waals surface area (Å²) in [6, 6.07) is 4.91. The molecule has 0 aromatic heterocycles. The zero-order valence-electron chi connectivity index (χ0n) is 14.4. The first-order valence-electron chi connectivity index (χ1n) is 9.14. The molecule has 6 rings (SSSR count). The van der Waals surface area contributed by atoms with Crippen molar-refractivity contribution >= 4 is 11.9 Å². The van der Waals surface area contributed by atoms with Crippen molar-refractivity contribution in [1.29, 1.82) is 0 Å². The Bertz CT molecular complexity index is 683. The Hall–Kier alpha value is -1.35. The standard InChI is InChI=1S/C20H26N2O/c1-12-4-5-18-19(13(12)2)23-20(11-21-18)16-7-14-6-15(8-16)10-17(9-14)22(20)3/h4-5,11,14-17H,6-10H2,1-3H3. The van der Waals surface area contributed by atoms with E-state index in [9.17, 15) is 0 Å². The van der Waals surface area contributed by atoms with Gasteiger partial charge in [-0.3, -0.25) is 9.89 Å². The molecule has 4 fully saturated rings. The van der Waals surface area contributed by atoms with Gasteiger partial charge in [0.25, 0.3) is 0 Å². The van der Waals surface area contributed by atoms with Crippen molar-refractivity contribution in [2.75, 3.05) is 7.05 Å². The molecule has 1 spiro atoms. The predicted molar refractivity (Wildman–Crippen MR) is 92.5 cm³/mol. The third-order valence-corrected chi connectivity index (χ3v) is 7.11. The highest BCUT2D eigenvalue weighted by Crippen LogP contribution is 2.54. The summed E-state index contributed by atoms with van der Waals surface area (Å²) in [6.07, 6.45) is 8.90. The topological polar surface area (TPSA) is 24.8 Å². The number of hydrogen-bond acceptors (Lipinski definition) is 3. The largest absolute Gasteiger partial charge is 0.464 e. The third-order valence-electron chi connectivity index (χ3n) is 7.11. The fourth-order valence-corrected chi connectivity index (χ4v) is 5.75. The van der Waals surface area contributed by atoms with E-state index in [1.54, 1.807) is 0 Å². The van der Waals surface area contributed by atoms with Gasteiger partial charge in [0.1, 0.15) is 5.69 Å². The molecule has 2 saturated carbocycles. The van der Waals surface area contributed by atoms with E-state index in [1.807, 2.05) is 0 Å². The van der Waals surface area contributed by atoms with Gasteiger partial charge in [-0.2, -0.15) is 0 Å². The molecule has 3 unspecified atom stereocenters. The van der Waals surface area contributed by atoms with E-state index in [1.165, 1.54) is 43.2 Å². The number of benzene rings is 1. The summed E-state index contributed by atoms with van der Waals surface area (Å²) in [5, 5.41) is 0. The molecule has 1 aromatic rings. The van der Waals surface area contributed by atoms with Gasteiger partial charge < -0.3 is 4.74 Å². The molecular weight excluding hydrogens is 284 g/mol. The molecule has 0 N–H and O–H groups in total. The molecule has 3 heterocycles. The van der Waals surface area contributed by atoms with Crippen LogP contribution in [0, 0.1) is 31.6 Å². The lowest BCUT2D eigenvalue weighted by Gasteiger charge is -2.46. The number of ether oxygens (including phenoxy) is 1. The monoisotopic (exact) mass is 310 g/mol.